The molecule has 2 aromatic heterocycles. The van der Waals surface area contributed by atoms with Crippen LogP contribution in [0.2, 0.25) is 0 Å². The lowest BCUT2D eigenvalue weighted by Crippen LogP contribution is -2.34. The molecule has 2 bridgehead atoms. The van der Waals surface area contributed by atoms with Gasteiger partial charge in [-0.1, -0.05) is 11.3 Å². The van der Waals surface area contributed by atoms with Gasteiger partial charge in [-0.3, -0.25) is 14.2 Å². The molecule has 160 valence electrons. The number of aromatic nitrogens is 1. The number of carbonyl (C=O) groups is 1. The molecule has 5 nitrogen and oxygen atoms in total. The van der Waals surface area contributed by atoms with E-state index in [0.29, 0.717) is 28.7 Å². The van der Waals surface area contributed by atoms with E-state index in [1.54, 1.807) is 22.6 Å². The van der Waals surface area contributed by atoms with Gasteiger partial charge in [-0.25, -0.2) is 4.39 Å². The Kier molecular flexibility index (Phi) is 4.61. The maximum Gasteiger partial charge on any atom is 0.308 e. The number of fused-ring (bicyclic) bond motifs is 6. The first-order chi connectivity index (χ1) is 15.1. The van der Waals surface area contributed by atoms with Gasteiger partial charge in [0.1, 0.15) is 18.1 Å². The second-order valence-electron chi connectivity index (χ2n) is 8.66. The molecule has 1 amide bonds. The smallest absolute Gasteiger partial charge is 0.308 e. The average Bonchev–Trinajstić information content (AvgIpc) is 3.54. The molecule has 0 radical (unpaired) electrons. The van der Waals surface area contributed by atoms with E-state index in [0.717, 1.165) is 15.7 Å². The highest BCUT2D eigenvalue weighted by atomic mass is 32.2. The molecule has 31 heavy (non-hydrogen) atoms. The largest absolute Gasteiger partial charge is 0.469 e. The lowest BCUT2D eigenvalue weighted by atomic mass is 9.77. The molecule has 3 heterocycles. The number of anilines is 1. The van der Waals surface area contributed by atoms with Gasteiger partial charge < -0.3 is 9.73 Å². The monoisotopic (exact) mass is 456 g/mol. The van der Waals surface area contributed by atoms with Gasteiger partial charge in [0, 0.05) is 10.9 Å². The molecule has 8 heteroatoms. The number of amides is 1. The van der Waals surface area contributed by atoms with E-state index in [2.05, 4.69) is 5.32 Å². The lowest BCUT2D eigenvalue weighted by molar-refractivity contribution is -0.116. The van der Waals surface area contributed by atoms with Gasteiger partial charge in [-0.15, -0.1) is 11.8 Å². The number of nitrogens with zero attached hydrogens (tertiary/aromatic N) is 1. The van der Waals surface area contributed by atoms with E-state index in [9.17, 15) is 14.0 Å². The van der Waals surface area contributed by atoms with Crippen molar-refractivity contribution in [2.75, 3.05) is 5.32 Å². The summed E-state index contributed by atoms with van der Waals surface area (Å²) in [6, 6.07) is 9.56. The molecule has 1 aliphatic heterocycles. The molecule has 2 saturated carbocycles. The highest BCUT2D eigenvalue weighted by molar-refractivity contribution is 8.00. The zero-order chi connectivity index (χ0) is 21.1. The fraction of sp³-hybridized carbons (Fsp3) is 0.391. The van der Waals surface area contributed by atoms with E-state index < -0.39 is 0 Å². The number of nitrogens with one attached hydrogen (secondary N) is 1. The molecule has 5 unspecified atom stereocenters. The van der Waals surface area contributed by atoms with Crippen LogP contribution in [0.3, 0.4) is 0 Å². The van der Waals surface area contributed by atoms with Gasteiger partial charge in [0.2, 0.25) is 5.91 Å². The predicted molar refractivity (Wildman–Crippen MR) is 118 cm³/mol. The average molecular weight is 457 g/mol. The summed E-state index contributed by atoms with van der Waals surface area (Å²) in [7, 11) is 0. The molecule has 0 saturated heterocycles. The van der Waals surface area contributed by atoms with Gasteiger partial charge in [-0.2, -0.15) is 0 Å². The summed E-state index contributed by atoms with van der Waals surface area (Å²) in [5.74, 6) is 2.20. The van der Waals surface area contributed by atoms with Crippen LogP contribution < -0.4 is 10.2 Å². The maximum absolute atomic E-state index is 13.1. The first-order valence-electron chi connectivity index (χ1n) is 10.6. The fourth-order valence-corrected chi connectivity index (χ4v) is 8.88. The topological polar surface area (TPSA) is 64.2 Å². The van der Waals surface area contributed by atoms with Crippen molar-refractivity contribution in [3.05, 3.63) is 68.8 Å². The Morgan fingerprint density at radius 2 is 2.00 bits per heavy atom. The third-order valence-corrected chi connectivity index (χ3v) is 9.80. The maximum atomic E-state index is 13.1. The summed E-state index contributed by atoms with van der Waals surface area (Å²) in [5.41, 5.74) is 0.512. The number of benzene rings is 1. The second-order valence-corrected chi connectivity index (χ2v) is 10.8. The number of carbonyl (C=O) groups excluding carboxylic acids is 1. The number of furan rings is 1. The van der Waals surface area contributed by atoms with Crippen LogP contribution in [0.5, 0.6) is 0 Å². The van der Waals surface area contributed by atoms with Crippen molar-refractivity contribution in [2.24, 2.45) is 17.8 Å². The van der Waals surface area contributed by atoms with E-state index in [-0.39, 0.29) is 29.1 Å². The van der Waals surface area contributed by atoms with Crippen molar-refractivity contribution in [1.29, 1.82) is 0 Å². The zero-order valence-electron chi connectivity index (χ0n) is 16.6. The number of thioether (sulfide) groups is 1. The normalized spacial score (nSPS) is 28.4. The van der Waals surface area contributed by atoms with Gasteiger partial charge in [0.15, 0.2) is 0 Å². The Bertz CT molecular complexity index is 1180. The molecule has 2 aliphatic carbocycles. The van der Waals surface area contributed by atoms with E-state index in [1.807, 2.05) is 12.1 Å². The molecular weight excluding hydrogens is 435 g/mol. The number of rotatable bonds is 4. The summed E-state index contributed by atoms with van der Waals surface area (Å²) in [6.07, 6.45) is 5.46. The van der Waals surface area contributed by atoms with Crippen LogP contribution in [0.4, 0.5) is 10.1 Å². The number of hydrogen-bond donors (Lipinski definition) is 1. The molecule has 1 aromatic carbocycles. The Balaban J connectivity index is 1.34. The number of thiazole rings is 1. The van der Waals surface area contributed by atoms with Gasteiger partial charge >= 0.3 is 4.87 Å². The third-order valence-electron chi connectivity index (χ3n) is 6.97. The highest BCUT2D eigenvalue weighted by Gasteiger charge is 2.55. The summed E-state index contributed by atoms with van der Waals surface area (Å²) in [5, 5.41) is 4.14. The zero-order valence-corrected chi connectivity index (χ0v) is 18.3. The standard InChI is InChI=1S/C23H21FN2O3S2/c24-14-5-7-15(8-6-14)25-17(27)11-26-22-21(31-23(26)28)19(16-2-1-9-29-16)18-12-3-4-13(10-12)20(18)30-22/h1-2,5-9,12-13,18-20H,3-4,10-11H2,(H,25,27). The Morgan fingerprint density at radius 1 is 1.19 bits per heavy atom. The molecule has 1 N–H and O–H groups in total. The summed E-state index contributed by atoms with van der Waals surface area (Å²) >= 11 is 3.04. The molecule has 5 atom stereocenters. The minimum atomic E-state index is -0.359. The van der Waals surface area contributed by atoms with Crippen molar-refractivity contribution in [3.8, 4) is 0 Å². The first-order valence-corrected chi connectivity index (χ1v) is 12.3. The lowest BCUT2D eigenvalue weighted by Gasteiger charge is -2.39. The van der Waals surface area contributed by atoms with Gasteiger partial charge in [0.25, 0.3) is 0 Å². The van der Waals surface area contributed by atoms with Crippen molar-refractivity contribution < 1.29 is 13.6 Å². The van der Waals surface area contributed by atoms with Crippen LogP contribution in [0.1, 0.15) is 35.8 Å². The summed E-state index contributed by atoms with van der Waals surface area (Å²) in [4.78, 5) is 26.6. The molecule has 2 fully saturated rings. The van der Waals surface area contributed by atoms with Gasteiger partial charge in [-0.05, 0) is 73.4 Å². The minimum Gasteiger partial charge on any atom is -0.469 e. The second kappa shape index (κ2) is 7.38. The Morgan fingerprint density at radius 3 is 2.77 bits per heavy atom. The number of hydrogen-bond acceptors (Lipinski definition) is 5. The van der Waals surface area contributed by atoms with Crippen molar-refractivity contribution in [2.45, 2.75) is 42.0 Å². The highest BCUT2D eigenvalue weighted by Crippen LogP contribution is 2.64. The van der Waals surface area contributed by atoms with Crippen LogP contribution in [0, 0.1) is 23.6 Å². The van der Waals surface area contributed by atoms with Crippen LogP contribution in [0.15, 0.2) is 56.9 Å². The molecule has 6 rings (SSSR count). The summed E-state index contributed by atoms with van der Waals surface area (Å²) in [6.45, 7) is -0.0502. The number of halogens is 1. The van der Waals surface area contributed by atoms with Gasteiger partial charge in [0.05, 0.1) is 22.1 Å². The molecular formula is C23H21FN2O3S2. The predicted octanol–water partition coefficient (Wildman–Crippen LogP) is 4.93. The SMILES string of the molecule is O=C(Cn1c2c(sc1=O)C(c1ccco1)C1C3CCC(C3)C1S2)Nc1ccc(F)cc1. The molecule has 3 aliphatic rings. The van der Waals surface area contributed by atoms with Crippen LogP contribution in [-0.4, -0.2) is 15.7 Å². The summed E-state index contributed by atoms with van der Waals surface area (Å²) < 4.78 is 20.6. The third kappa shape index (κ3) is 3.19. The minimum absolute atomic E-state index is 0.0502. The van der Waals surface area contributed by atoms with E-state index in [4.69, 9.17) is 4.42 Å². The van der Waals surface area contributed by atoms with Crippen LogP contribution >= 0.6 is 23.1 Å². The van der Waals surface area contributed by atoms with Crippen molar-refractivity contribution in [1.82, 2.24) is 4.57 Å². The molecule has 0 spiro atoms. The van der Waals surface area contributed by atoms with Crippen LogP contribution in [0.25, 0.3) is 0 Å². The fourth-order valence-electron chi connectivity index (χ4n) is 5.75. The van der Waals surface area contributed by atoms with E-state index >= 15 is 0 Å². The van der Waals surface area contributed by atoms with E-state index in [1.165, 1.54) is 54.9 Å². The van der Waals surface area contributed by atoms with Crippen molar-refractivity contribution in [3.63, 3.8) is 0 Å². The first kappa shape index (κ1) is 19.4. The molecule has 3 aromatic rings. The van der Waals surface area contributed by atoms with Crippen LogP contribution in [-0.2, 0) is 11.3 Å². The Hall–Kier alpha value is -2.32. The Labute approximate surface area is 186 Å². The van der Waals surface area contributed by atoms with Crippen molar-refractivity contribution >= 4 is 34.7 Å². The quantitative estimate of drug-likeness (QED) is 0.604.